The third-order valence-corrected chi connectivity index (χ3v) is 4.27. The van der Waals surface area contributed by atoms with Crippen molar-refractivity contribution in [2.24, 2.45) is 0 Å². The van der Waals surface area contributed by atoms with Gasteiger partial charge in [0, 0.05) is 44.2 Å². The summed E-state index contributed by atoms with van der Waals surface area (Å²) in [6.07, 6.45) is -2.48. The number of nitrogens with one attached hydrogen (secondary N) is 1. The molecule has 0 bridgehead atoms. The summed E-state index contributed by atoms with van der Waals surface area (Å²) in [7, 11) is 1.60. The molecule has 132 valence electrons. The van der Waals surface area contributed by atoms with Crippen LogP contribution in [0.2, 0.25) is 0 Å². The molecule has 1 aromatic carbocycles. The van der Waals surface area contributed by atoms with Gasteiger partial charge in [0.2, 0.25) is 6.43 Å². The van der Waals surface area contributed by atoms with Crippen molar-refractivity contribution in [2.75, 3.05) is 33.3 Å². The summed E-state index contributed by atoms with van der Waals surface area (Å²) < 4.78 is 31.7. The Balaban J connectivity index is 0.00000264. The van der Waals surface area contributed by atoms with Gasteiger partial charge in [-0.2, -0.15) is 0 Å². The highest BCUT2D eigenvalue weighted by Gasteiger charge is 2.28. The molecule has 0 spiro atoms. The van der Waals surface area contributed by atoms with Crippen LogP contribution in [0.25, 0.3) is 0 Å². The lowest BCUT2D eigenvalue weighted by molar-refractivity contribution is 0.0729. The van der Waals surface area contributed by atoms with Gasteiger partial charge in [-0.1, -0.05) is 26.0 Å². The first-order chi connectivity index (χ1) is 10.5. The summed E-state index contributed by atoms with van der Waals surface area (Å²) >= 11 is 0. The average Bonchev–Trinajstić information content (AvgIpc) is 2.52. The van der Waals surface area contributed by atoms with Gasteiger partial charge in [0.05, 0.1) is 7.11 Å². The molecule has 0 radical (unpaired) electrons. The van der Waals surface area contributed by atoms with Crippen LogP contribution in [0.4, 0.5) is 8.78 Å². The van der Waals surface area contributed by atoms with Crippen molar-refractivity contribution in [1.29, 1.82) is 0 Å². The van der Waals surface area contributed by atoms with Gasteiger partial charge in [0.1, 0.15) is 5.75 Å². The highest BCUT2D eigenvalue weighted by molar-refractivity contribution is 5.85. The fourth-order valence-corrected chi connectivity index (χ4v) is 3.01. The van der Waals surface area contributed by atoms with Crippen LogP contribution in [0.1, 0.15) is 43.4 Å². The monoisotopic (exact) mass is 348 g/mol. The summed E-state index contributed by atoms with van der Waals surface area (Å²) in [5, 5.41) is 3.27. The Kier molecular flexibility index (Phi) is 8.23. The van der Waals surface area contributed by atoms with Crippen molar-refractivity contribution in [3.63, 3.8) is 0 Å². The van der Waals surface area contributed by atoms with Crippen LogP contribution >= 0.6 is 12.4 Å². The molecule has 1 aromatic rings. The van der Waals surface area contributed by atoms with Gasteiger partial charge in [-0.05, 0) is 17.5 Å². The van der Waals surface area contributed by atoms with E-state index in [2.05, 4.69) is 24.1 Å². The van der Waals surface area contributed by atoms with Crippen LogP contribution in [0.3, 0.4) is 0 Å². The second-order valence-corrected chi connectivity index (χ2v) is 6.08. The van der Waals surface area contributed by atoms with Gasteiger partial charge in [0.15, 0.2) is 0 Å². The van der Waals surface area contributed by atoms with Gasteiger partial charge < -0.3 is 10.1 Å². The lowest BCUT2D eigenvalue weighted by Crippen LogP contribution is -2.45. The van der Waals surface area contributed by atoms with Crippen LogP contribution < -0.4 is 10.1 Å². The molecular formula is C17H27ClF2N2O. The number of benzene rings is 1. The standard InChI is InChI=1S/C17H26F2N2O.ClH/c1-12(2)13-4-5-16(22-3)14(10-13)15(11-17(18)19)21-8-6-20-7-9-21;/h4-5,10,12,15,17,20H,6-9,11H2,1-3H3;1H/t15-;/m1./s1. The number of rotatable bonds is 6. The second kappa shape index (κ2) is 9.40. The summed E-state index contributed by atoms with van der Waals surface area (Å²) in [4.78, 5) is 2.14. The Hall–Kier alpha value is -0.910. The largest absolute Gasteiger partial charge is 0.496 e. The van der Waals surface area contributed by atoms with E-state index in [-0.39, 0.29) is 24.9 Å². The summed E-state index contributed by atoms with van der Waals surface area (Å²) in [5.74, 6) is 1.06. The van der Waals surface area contributed by atoms with Crippen molar-refractivity contribution < 1.29 is 13.5 Å². The van der Waals surface area contributed by atoms with E-state index in [0.717, 1.165) is 37.3 Å². The van der Waals surface area contributed by atoms with Crippen LogP contribution in [0.5, 0.6) is 5.75 Å². The molecule has 1 atom stereocenters. The second-order valence-electron chi connectivity index (χ2n) is 6.08. The number of hydrogen-bond donors (Lipinski definition) is 1. The third kappa shape index (κ3) is 5.30. The molecular weight excluding hydrogens is 322 g/mol. The zero-order chi connectivity index (χ0) is 16.1. The molecule has 0 saturated carbocycles. The van der Waals surface area contributed by atoms with Gasteiger partial charge in [0.25, 0.3) is 0 Å². The van der Waals surface area contributed by atoms with Crippen LogP contribution in [0.15, 0.2) is 18.2 Å². The van der Waals surface area contributed by atoms with Crippen molar-refractivity contribution in [2.45, 2.75) is 38.7 Å². The van der Waals surface area contributed by atoms with E-state index in [0.29, 0.717) is 11.7 Å². The number of methoxy groups -OCH3 is 1. The average molecular weight is 349 g/mol. The smallest absolute Gasteiger partial charge is 0.240 e. The summed E-state index contributed by atoms with van der Waals surface area (Å²) in [6.45, 7) is 7.47. The number of halogens is 3. The Morgan fingerprint density at radius 3 is 2.39 bits per heavy atom. The Morgan fingerprint density at radius 1 is 1.22 bits per heavy atom. The highest BCUT2D eigenvalue weighted by Crippen LogP contribution is 2.35. The zero-order valence-corrected chi connectivity index (χ0v) is 14.8. The quantitative estimate of drug-likeness (QED) is 0.845. The molecule has 0 aromatic heterocycles. The summed E-state index contributed by atoms with van der Waals surface area (Å²) in [5.41, 5.74) is 2.04. The van der Waals surface area contributed by atoms with Gasteiger partial charge >= 0.3 is 0 Å². The minimum atomic E-state index is -2.33. The molecule has 1 heterocycles. The molecule has 23 heavy (non-hydrogen) atoms. The molecule has 1 aliphatic heterocycles. The Bertz CT molecular complexity index is 480. The first-order valence-corrected chi connectivity index (χ1v) is 7.93. The molecule has 1 saturated heterocycles. The maximum atomic E-state index is 13.1. The number of hydrogen-bond acceptors (Lipinski definition) is 3. The van der Waals surface area contributed by atoms with Crippen molar-refractivity contribution in [1.82, 2.24) is 10.2 Å². The first kappa shape index (κ1) is 20.1. The fourth-order valence-electron chi connectivity index (χ4n) is 3.01. The lowest BCUT2D eigenvalue weighted by atomic mass is 9.94. The predicted molar refractivity (Wildman–Crippen MR) is 92.1 cm³/mol. The molecule has 0 amide bonds. The molecule has 6 heteroatoms. The number of ether oxygens (including phenoxy) is 1. The van der Waals surface area contributed by atoms with Crippen LogP contribution in [-0.4, -0.2) is 44.6 Å². The SMILES string of the molecule is COc1ccc(C(C)C)cc1[C@@H](CC(F)F)N1CCNCC1.Cl. The topological polar surface area (TPSA) is 24.5 Å². The molecule has 2 rings (SSSR count). The van der Waals surface area contributed by atoms with E-state index in [1.165, 1.54) is 0 Å². The number of alkyl halides is 2. The van der Waals surface area contributed by atoms with E-state index in [1.54, 1.807) is 7.11 Å². The maximum Gasteiger partial charge on any atom is 0.240 e. The molecule has 1 N–H and O–H groups in total. The third-order valence-electron chi connectivity index (χ3n) is 4.27. The number of piperazine rings is 1. The Labute approximate surface area is 143 Å². The van der Waals surface area contributed by atoms with E-state index in [1.807, 2.05) is 18.2 Å². The minimum Gasteiger partial charge on any atom is -0.496 e. The van der Waals surface area contributed by atoms with Gasteiger partial charge in [-0.25, -0.2) is 8.78 Å². The van der Waals surface area contributed by atoms with Crippen molar-refractivity contribution in [3.8, 4) is 5.75 Å². The van der Waals surface area contributed by atoms with Gasteiger partial charge in [-0.15, -0.1) is 12.4 Å². The van der Waals surface area contributed by atoms with Crippen LogP contribution in [-0.2, 0) is 0 Å². The highest BCUT2D eigenvalue weighted by atomic mass is 35.5. The van der Waals surface area contributed by atoms with E-state index < -0.39 is 6.43 Å². The molecule has 1 aliphatic rings. The van der Waals surface area contributed by atoms with E-state index in [4.69, 9.17) is 4.74 Å². The summed E-state index contributed by atoms with van der Waals surface area (Å²) in [6, 6.07) is 5.67. The molecule has 3 nitrogen and oxygen atoms in total. The zero-order valence-electron chi connectivity index (χ0n) is 14.0. The Morgan fingerprint density at radius 2 is 1.87 bits per heavy atom. The molecule has 0 aliphatic carbocycles. The van der Waals surface area contributed by atoms with Crippen LogP contribution in [0, 0.1) is 0 Å². The molecule has 0 unspecified atom stereocenters. The first-order valence-electron chi connectivity index (χ1n) is 7.93. The lowest BCUT2D eigenvalue weighted by Gasteiger charge is -2.36. The fraction of sp³-hybridized carbons (Fsp3) is 0.647. The van der Waals surface area contributed by atoms with Gasteiger partial charge in [-0.3, -0.25) is 4.90 Å². The molecule has 1 fully saturated rings. The van der Waals surface area contributed by atoms with Crippen molar-refractivity contribution >= 4 is 12.4 Å². The van der Waals surface area contributed by atoms with E-state index in [9.17, 15) is 8.78 Å². The predicted octanol–water partition coefficient (Wildman–Crippen LogP) is 3.84. The van der Waals surface area contributed by atoms with Crippen molar-refractivity contribution in [3.05, 3.63) is 29.3 Å². The normalized spacial score (nSPS) is 17.2. The number of nitrogens with zero attached hydrogens (tertiary/aromatic N) is 1. The van der Waals surface area contributed by atoms with E-state index >= 15 is 0 Å². The minimum absolute atomic E-state index is 0. The maximum absolute atomic E-state index is 13.1.